The van der Waals surface area contributed by atoms with Crippen LogP contribution in [0.25, 0.3) is 0 Å². The molecule has 0 aliphatic heterocycles. The summed E-state index contributed by atoms with van der Waals surface area (Å²) in [7, 11) is 0. The summed E-state index contributed by atoms with van der Waals surface area (Å²) >= 11 is 0. The monoisotopic (exact) mass is 206 g/mol. The van der Waals surface area contributed by atoms with E-state index in [2.05, 4.69) is 4.98 Å². The van der Waals surface area contributed by atoms with Crippen molar-refractivity contribution in [2.75, 3.05) is 6.61 Å². The van der Waals surface area contributed by atoms with E-state index in [1.165, 1.54) is 12.8 Å². The maximum Gasteiger partial charge on any atom is 0.142 e. The number of pyridine rings is 1. The van der Waals surface area contributed by atoms with E-state index in [-0.39, 0.29) is 0 Å². The summed E-state index contributed by atoms with van der Waals surface area (Å²) in [6.07, 6.45) is 3.91. The van der Waals surface area contributed by atoms with Crippen molar-refractivity contribution in [3.63, 3.8) is 0 Å². The number of hydrogen-bond acceptors (Lipinski definition) is 3. The topological polar surface area (TPSA) is 48.1 Å². The number of rotatable bonds is 5. The smallest absolute Gasteiger partial charge is 0.142 e. The molecule has 1 saturated carbocycles. The zero-order valence-corrected chi connectivity index (χ0v) is 9.20. The minimum Gasteiger partial charge on any atom is -0.492 e. The van der Waals surface area contributed by atoms with Crippen molar-refractivity contribution >= 4 is 0 Å². The van der Waals surface area contributed by atoms with E-state index in [9.17, 15) is 0 Å². The van der Waals surface area contributed by atoms with E-state index in [1.54, 1.807) is 0 Å². The molecule has 1 heterocycles. The van der Waals surface area contributed by atoms with Crippen LogP contribution in [0.1, 0.15) is 30.7 Å². The Balaban J connectivity index is 1.92. The van der Waals surface area contributed by atoms with Crippen molar-refractivity contribution in [3.8, 4) is 5.75 Å². The molecule has 0 atom stereocenters. The third-order valence-corrected chi connectivity index (χ3v) is 2.75. The Morgan fingerprint density at radius 3 is 2.93 bits per heavy atom. The first-order chi connectivity index (χ1) is 7.29. The summed E-state index contributed by atoms with van der Waals surface area (Å²) in [4.78, 5) is 4.36. The zero-order valence-electron chi connectivity index (χ0n) is 9.20. The molecule has 2 rings (SSSR count). The van der Waals surface area contributed by atoms with Gasteiger partial charge in [-0.25, -0.2) is 0 Å². The van der Waals surface area contributed by atoms with Gasteiger partial charge in [0.05, 0.1) is 12.3 Å². The number of aryl methyl sites for hydroxylation is 1. The minimum atomic E-state index is 0.445. The first-order valence-electron chi connectivity index (χ1n) is 5.59. The Hall–Kier alpha value is -1.09. The van der Waals surface area contributed by atoms with E-state index >= 15 is 0 Å². The molecule has 0 spiro atoms. The molecule has 15 heavy (non-hydrogen) atoms. The van der Waals surface area contributed by atoms with E-state index in [4.69, 9.17) is 10.5 Å². The fourth-order valence-corrected chi connectivity index (χ4v) is 1.62. The molecule has 1 aromatic rings. The third kappa shape index (κ3) is 2.93. The van der Waals surface area contributed by atoms with Gasteiger partial charge in [0, 0.05) is 12.2 Å². The molecule has 0 bridgehead atoms. The molecular weight excluding hydrogens is 188 g/mol. The molecule has 3 heteroatoms. The lowest BCUT2D eigenvalue weighted by Crippen LogP contribution is -2.07. The van der Waals surface area contributed by atoms with Crippen LogP contribution in [0.15, 0.2) is 12.1 Å². The number of nitrogens with two attached hydrogens (primary N) is 1. The van der Waals surface area contributed by atoms with Crippen LogP contribution < -0.4 is 10.5 Å². The molecular formula is C12H18N2O. The van der Waals surface area contributed by atoms with Gasteiger partial charge in [0.2, 0.25) is 0 Å². The summed E-state index contributed by atoms with van der Waals surface area (Å²) in [5, 5.41) is 0. The second kappa shape index (κ2) is 4.62. The van der Waals surface area contributed by atoms with Crippen LogP contribution in [0.5, 0.6) is 5.75 Å². The van der Waals surface area contributed by atoms with Crippen LogP contribution in [-0.2, 0) is 6.54 Å². The van der Waals surface area contributed by atoms with Crippen molar-refractivity contribution in [1.82, 2.24) is 4.98 Å². The van der Waals surface area contributed by atoms with Crippen LogP contribution in [0.3, 0.4) is 0 Å². The highest BCUT2D eigenvalue weighted by molar-refractivity contribution is 5.29. The lowest BCUT2D eigenvalue weighted by atomic mass is 10.2. The van der Waals surface area contributed by atoms with Crippen LogP contribution in [0.2, 0.25) is 0 Å². The van der Waals surface area contributed by atoms with Crippen LogP contribution in [0, 0.1) is 12.8 Å². The van der Waals surface area contributed by atoms with E-state index in [0.717, 1.165) is 36.1 Å². The molecule has 0 radical (unpaired) electrons. The van der Waals surface area contributed by atoms with Gasteiger partial charge < -0.3 is 10.5 Å². The molecule has 2 N–H and O–H groups in total. The highest BCUT2D eigenvalue weighted by atomic mass is 16.5. The van der Waals surface area contributed by atoms with Gasteiger partial charge in [-0.1, -0.05) is 12.8 Å². The molecule has 1 fully saturated rings. The third-order valence-electron chi connectivity index (χ3n) is 2.75. The number of aromatic nitrogens is 1. The van der Waals surface area contributed by atoms with Gasteiger partial charge in [-0.15, -0.1) is 0 Å². The van der Waals surface area contributed by atoms with Gasteiger partial charge in [0.1, 0.15) is 5.75 Å². The van der Waals surface area contributed by atoms with Crippen LogP contribution in [-0.4, -0.2) is 11.6 Å². The highest BCUT2D eigenvalue weighted by Crippen LogP contribution is 2.32. The Kier molecular flexibility index (Phi) is 3.21. The van der Waals surface area contributed by atoms with Gasteiger partial charge in [0.25, 0.3) is 0 Å². The molecule has 0 aromatic carbocycles. The second-order valence-electron chi connectivity index (χ2n) is 4.18. The average Bonchev–Trinajstić information content (AvgIpc) is 3.04. The van der Waals surface area contributed by atoms with Crippen LogP contribution in [0.4, 0.5) is 0 Å². The summed E-state index contributed by atoms with van der Waals surface area (Å²) in [6, 6.07) is 3.93. The lowest BCUT2D eigenvalue weighted by Gasteiger charge is -2.09. The maximum absolute atomic E-state index is 5.69. The average molecular weight is 206 g/mol. The predicted molar refractivity (Wildman–Crippen MR) is 59.7 cm³/mol. The quantitative estimate of drug-likeness (QED) is 0.801. The normalized spacial score (nSPS) is 15.3. The maximum atomic E-state index is 5.69. The number of ether oxygens (including phenoxy) is 1. The second-order valence-corrected chi connectivity index (χ2v) is 4.18. The Labute approximate surface area is 90.7 Å². The lowest BCUT2D eigenvalue weighted by molar-refractivity contribution is 0.298. The molecule has 1 aliphatic rings. The molecule has 0 amide bonds. The predicted octanol–water partition coefficient (Wildman–Crippen LogP) is 2.03. The molecule has 1 aliphatic carbocycles. The van der Waals surface area contributed by atoms with Crippen molar-refractivity contribution < 1.29 is 4.74 Å². The fourth-order valence-electron chi connectivity index (χ4n) is 1.62. The first-order valence-corrected chi connectivity index (χ1v) is 5.59. The zero-order chi connectivity index (χ0) is 10.7. The largest absolute Gasteiger partial charge is 0.492 e. The number of nitrogens with zero attached hydrogens (tertiary/aromatic N) is 1. The fraction of sp³-hybridized carbons (Fsp3) is 0.583. The van der Waals surface area contributed by atoms with E-state index in [0.29, 0.717) is 6.54 Å². The molecule has 0 saturated heterocycles. The Bertz CT molecular complexity index is 334. The van der Waals surface area contributed by atoms with Gasteiger partial charge in [-0.05, 0) is 31.4 Å². The summed E-state index contributed by atoms with van der Waals surface area (Å²) < 4.78 is 5.69. The molecule has 82 valence electrons. The molecule has 3 nitrogen and oxygen atoms in total. The summed E-state index contributed by atoms with van der Waals surface area (Å²) in [5.41, 5.74) is 7.48. The first kappa shape index (κ1) is 10.4. The molecule has 0 unspecified atom stereocenters. The number of hydrogen-bond donors (Lipinski definition) is 1. The van der Waals surface area contributed by atoms with E-state index < -0.39 is 0 Å². The summed E-state index contributed by atoms with van der Waals surface area (Å²) in [5.74, 6) is 1.76. The Morgan fingerprint density at radius 1 is 1.47 bits per heavy atom. The highest BCUT2D eigenvalue weighted by Gasteiger charge is 2.20. The van der Waals surface area contributed by atoms with Crippen molar-refractivity contribution in [1.29, 1.82) is 0 Å². The van der Waals surface area contributed by atoms with Gasteiger partial charge in [-0.3, -0.25) is 4.98 Å². The SMILES string of the molecule is Cc1ccc(OCCC2CC2)c(CN)n1. The minimum absolute atomic E-state index is 0.445. The van der Waals surface area contributed by atoms with Crippen LogP contribution >= 0.6 is 0 Å². The summed E-state index contributed by atoms with van der Waals surface area (Å²) in [6.45, 7) is 3.20. The van der Waals surface area contributed by atoms with E-state index in [1.807, 2.05) is 19.1 Å². The van der Waals surface area contributed by atoms with Gasteiger partial charge in [0.15, 0.2) is 0 Å². The Morgan fingerprint density at radius 2 is 2.27 bits per heavy atom. The van der Waals surface area contributed by atoms with Gasteiger partial charge >= 0.3 is 0 Å². The van der Waals surface area contributed by atoms with Crippen molar-refractivity contribution in [2.45, 2.75) is 32.7 Å². The van der Waals surface area contributed by atoms with Crippen molar-refractivity contribution in [3.05, 3.63) is 23.5 Å². The molecule has 1 aromatic heterocycles. The van der Waals surface area contributed by atoms with Gasteiger partial charge in [-0.2, -0.15) is 0 Å². The van der Waals surface area contributed by atoms with Crippen molar-refractivity contribution in [2.24, 2.45) is 11.7 Å². The standard InChI is InChI=1S/C12H18N2O/c1-9-2-5-12(11(8-13)14-9)15-7-6-10-3-4-10/h2,5,10H,3-4,6-8,13H2,1H3.